The molecule has 0 spiro atoms. The van der Waals surface area contributed by atoms with E-state index >= 15 is 0 Å². The van der Waals surface area contributed by atoms with Gasteiger partial charge >= 0.3 is 0 Å². The van der Waals surface area contributed by atoms with Crippen LogP contribution in [0.3, 0.4) is 0 Å². The van der Waals surface area contributed by atoms with Crippen molar-refractivity contribution >= 4 is 10.9 Å². The highest BCUT2D eigenvalue weighted by atomic mass is 14.9. The van der Waals surface area contributed by atoms with Crippen molar-refractivity contribution in [3.63, 3.8) is 0 Å². The van der Waals surface area contributed by atoms with E-state index in [-0.39, 0.29) is 0 Å². The van der Waals surface area contributed by atoms with Crippen molar-refractivity contribution in [1.29, 1.82) is 0 Å². The predicted octanol–water partition coefficient (Wildman–Crippen LogP) is 2.82. The molecule has 3 rings (SSSR count). The predicted molar refractivity (Wildman–Crippen MR) is 67.8 cm³/mol. The van der Waals surface area contributed by atoms with Crippen molar-refractivity contribution in [3.8, 4) is 0 Å². The van der Waals surface area contributed by atoms with Gasteiger partial charge in [-0.3, -0.25) is 0 Å². The van der Waals surface area contributed by atoms with Gasteiger partial charge in [0, 0.05) is 35.6 Å². The number of hydrogen-bond donors (Lipinski definition) is 2. The Bertz CT molecular complexity index is 551. The van der Waals surface area contributed by atoms with Crippen molar-refractivity contribution in [2.45, 2.75) is 39.8 Å². The van der Waals surface area contributed by atoms with Crippen molar-refractivity contribution in [2.75, 3.05) is 0 Å². The molecule has 0 aliphatic carbocycles. The average molecular weight is 214 g/mol. The summed E-state index contributed by atoms with van der Waals surface area (Å²) in [6, 6.07) is 5.02. The van der Waals surface area contributed by atoms with Gasteiger partial charge in [0.15, 0.2) is 0 Å². The summed E-state index contributed by atoms with van der Waals surface area (Å²) in [6.07, 6.45) is 1.11. The van der Waals surface area contributed by atoms with Crippen LogP contribution in [0.1, 0.15) is 29.3 Å². The number of nitrogens with one attached hydrogen (secondary N) is 2. The van der Waals surface area contributed by atoms with Gasteiger partial charge in [0.05, 0.1) is 0 Å². The summed E-state index contributed by atoms with van der Waals surface area (Å²) in [5.74, 6) is 0. The first-order valence-electron chi connectivity index (χ1n) is 6.00. The highest BCUT2D eigenvalue weighted by Crippen LogP contribution is 2.30. The molecule has 0 saturated carbocycles. The normalized spacial score (nSPS) is 20.1. The number of rotatable bonds is 0. The molecule has 0 bridgehead atoms. The van der Waals surface area contributed by atoms with E-state index in [1.165, 1.54) is 33.3 Å². The molecule has 1 aliphatic rings. The molecule has 0 amide bonds. The number of aryl methyl sites for hydroxylation is 2. The summed E-state index contributed by atoms with van der Waals surface area (Å²) in [5.41, 5.74) is 6.98. The summed E-state index contributed by atoms with van der Waals surface area (Å²) < 4.78 is 0. The fraction of sp³-hybridized carbons (Fsp3) is 0.429. The summed E-state index contributed by atoms with van der Waals surface area (Å²) in [5, 5.41) is 4.98. The summed E-state index contributed by atoms with van der Waals surface area (Å²) in [7, 11) is 0. The van der Waals surface area contributed by atoms with Crippen LogP contribution in [0.15, 0.2) is 12.1 Å². The minimum absolute atomic E-state index is 0.584. The Hall–Kier alpha value is -1.28. The first-order chi connectivity index (χ1) is 7.66. The second-order valence-electron chi connectivity index (χ2n) is 5.02. The van der Waals surface area contributed by atoms with E-state index in [4.69, 9.17) is 0 Å². The Balaban J connectivity index is 2.33. The molecule has 1 unspecified atom stereocenters. The maximum absolute atomic E-state index is 3.62. The number of aromatic nitrogens is 1. The zero-order valence-corrected chi connectivity index (χ0v) is 10.1. The Morgan fingerprint density at radius 3 is 2.75 bits per heavy atom. The number of hydrogen-bond acceptors (Lipinski definition) is 1. The average Bonchev–Trinajstić information content (AvgIpc) is 2.63. The number of fused-ring (bicyclic) bond motifs is 3. The highest BCUT2D eigenvalue weighted by molar-refractivity contribution is 5.90. The van der Waals surface area contributed by atoms with Gasteiger partial charge in [0.2, 0.25) is 0 Å². The Morgan fingerprint density at radius 2 is 1.94 bits per heavy atom. The maximum atomic E-state index is 3.62. The lowest BCUT2D eigenvalue weighted by Gasteiger charge is -2.20. The third-order valence-electron chi connectivity index (χ3n) is 3.70. The fourth-order valence-corrected chi connectivity index (χ4v) is 2.76. The van der Waals surface area contributed by atoms with Gasteiger partial charge < -0.3 is 10.3 Å². The Labute approximate surface area is 96.1 Å². The molecule has 2 aromatic rings. The molecule has 2 heteroatoms. The van der Waals surface area contributed by atoms with E-state index in [1.807, 2.05) is 0 Å². The molecule has 0 radical (unpaired) electrons. The number of aromatic amines is 1. The lowest BCUT2D eigenvalue weighted by Crippen LogP contribution is -2.32. The standard InChI is InChI=1S/C14H18N2/c1-8-4-5-9(2)14-13(8)11-7-15-10(3)6-12(11)16-14/h4-5,10,15-16H,6-7H2,1-3H3. The molecule has 1 atom stereocenters. The highest BCUT2D eigenvalue weighted by Gasteiger charge is 2.20. The molecule has 1 aromatic carbocycles. The van der Waals surface area contributed by atoms with Crippen LogP contribution >= 0.6 is 0 Å². The Morgan fingerprint density at radius 1 is 1.19 bits per heavy atom. The third-order valence-corrected chi connectivity index (χ3v) is 3.70. The Kier molecular flexibility index (Phi) is 2.08. The van der Waals surface area contributed by atoms with E-state index in [0.717, 1.165) is 13.0 Å². The molecule has 0 fully saturated rings. The molecule has 2 nitrogen and oxygen atoms in total. The lowest BCUT2D eigenvalue weighted by molar-refractivity contribution is 0.511. The van der Waals surface area contributed by atoms with Crippen LogP contribution in [-0.2, 0) is 13.0 Å². The van der Waals surface area contributed by atoms with E-state index in [2.05, 4.69) is 43.2 Å². The van der Waals surface area contributed by atoms with Crippen LogP contribution in [0.2, 0.25) is 0 Å². The van der Waals surface area contributed by atoms with Gasteiger partial charge in [-0.25, -0.2) is 0 Å². The monoisotopic (exact) mass is 214 g/mol. The molecule has 2 N–H and O–H groups in total. The van der Waals surface area contributed by atoms with E-state index in [1.54, 1.807) is 0 Å². The van der Waals surface area contributed by atoms with Crippen LogP contribution in [0.5, 0.6) is 0 Å². The topological polar surface area (TPSA) is 27.8 Å². The minimum Gasteiger partial charge on any atom is -0.358 e. The SMILES string of the molecule is Cc1ccc(C)c2c3c([nH]c12)CC(C)NC3. The smallest absolute Gasteiger partial charge is 0.0491 e. The van der Waals surface area contributed by atoms with Crippen molar-refractivity contribution < 1.29 is 0 Å². The van der Waals surface area contributed by atoms with Crippen LogP contribution in [0, 0.1) is 13.8 Å². The first kappa shape index (κ1) is 9.91. The zero-order valence-electron chi connectivity index (χ0n) is 10.1. The zero-order chi connectivity index (χ0) is 11.3. The second kappa shape index (κ2) is 3.36. The number of benzene rings is 1. The van der Waals surface area contributed by atoms with Gasteiger partial charge in [0.25, 0.3) is 0 Å². The molecular weight excluding hydrogens is 196 g/mol. The maximum Gasteiger partial charge on any atom is 0.0491 e. The van der Waals surface area contributed by atoms with Gasteiger partial charge in [-0.15, -0.1) is 0 Å². The molecule has 84 valence electrons. The summed E-state index contributed by atoms with van der Waals surface area (Å²) in [4.78, 5) is 3.62. The molecule has 2 heterocycles. The minimum atomic E-state index is 0.584. The van der Waals surface area contributed by atoms with Crippen LogP contribution in [0.4, 0.5) is 0 Å². The lowest BCUT2D eigenvalue weighted by atomic mass is 9.98. The van der Waals surface area contributed by atoms with Gasteiger partial charge in [-0.1, -0.05) is 12.1 Å². The summed E-state index contributed by atoms with van der Waals surface area (Å²) in [6.45, 7) is 7.63. The van der Waals surface area contributed by atoms with Crippen LogP contribution < -0.4 is 5.32 Å². The number of H-pyrrole nitrogens is 1. The molecule has 1 aliphatic heterocycles. The molecular formula is C14H18N2. The van der Waals surface area contributed by atoms with E-state index in [0.29, 0.717) is 6.04 Å². The quantitative estimate of drug-likeness (QED) is 0.693. The molecule has 1 aromatic heterocycles. The largest absolute Gasteiger partial charge is 0.358 e. The third kappa shape index (κ3) is 1.30. The molecule has 16 heavy (non-hydrogen) atoms. The van der Waals surface area contributed by atoms with Crippen LogP contribution in [0.25, 0.3) is 10.9 Å². The fourth-order valence-electron chi connectivity index (χ4n) is 2.76. The van der Waals surface area contributed by atoms with Crippen molar-refractivity contribution in [3.05, 3.63) is 34.5 Å². The van der Waals surface area contributed by atoms with Gasteiger partial charge in [0.1, 0.15) is 0 Å². The van der Waals surface area contributed by atoms with Gasteiger partial charge in [-0.2, -0.15) is 0 Å². The van der Waals surface area contributed by atoms with Crippen molar-refractivity contribution in [1.82, 2.24) is 10.3 Å². The van der Waals surface area contributed by atoms with Gasteiger partial charge in [-0.05, 0) is 37.5 Å². The molecule has 0 saturated heterocycles. The van der Waals surface area contributed by atoms with E-state index in [9.17, 15) is 0 Å². The second-order valence-corrected chi connectivity index (χ2v) is 5.02. The van der Waals surface area contributed by atoms with Crippen molar-refractivity contribution in [2.24, 2.45) is 0 Å². The van der Waals surface area contributed by atoms with Crippen LogP contribution in [-0.4, -0.2) is 11.0 Å². The van der Waals surface area contributed by atoms with E-state index < -0.39 is 0 Å². The summed E-state index contributed by atoms with van der Waals surface area (Å²) >= 11 is 0. The first-order valence-corrected chi connectivity index (χ1v) is 6.00.